The summed E-state index contributed by atoms with van der Waals surface area (Å²) in [6.45, 7) is 10.5. The number of carbonyl (C=O) groups is 2. The number of aryl methyl sites for hydroxylation is 1. The predicted molar refractivity (Wildman–Crippen MR) is 119 cm³/mol. The first-order chi connectivity index (χ1) is 14.6. The molecular weight excluding hydrogens is 396 g/mol. The van der Waals surface area contributed by atoms with Crippen LogP contribution in [0.2, 0.25) is 0 Å². The molecule has 1 saturated heterocycles. The number of carbonyl (C=O) groups excluding carboxylic acids is 1. The number of carboxylic acid groups (broad SMARTS) is 1. The van der Waals surface area contributed by atoms with Gasteiger partial charge in [-0.3, -0.25) is 9.48 Å². The summed E-state index contributed by atoms with van der Waals surface area (Å²) in [6, 6.07) is 3.69. The zero-order valence-corrected chi connectivity index (χ0v) is 19.1. The lowest BCUT2D eigenvalue weighted by molar-refractivity contribution is 0.0367. The molecule has 2 heterocycles. The number of fused-ring (bicyclic) bond motifs is 1. The molecule has 2 aromatic rings. The maximum absolute atomic E-state index is 12.5. The van der Waals surface area contributed by atoms with Crippen molar-refractivity contribution in [2.45, 2.75) is 53.1 Å². The van der Waals surface area contributed by atoms with E-state index in [1.165, 1.54) is 0 Å². The highest BCUT2D eigenvalue weighted by atomic mass is 16.5. The Morgan fingerprint density at radius 1 is 1.32 bits per heavy atom. The molecule has 1 aromatic heterocycles. The number of nitrogens with zero attached hydrogens (tertiary/aromatic N) is 3. The van der Waals surface area contributed by atoms with Gasteiger partial charge in [0.1, 0.15) is 0 Å². The van der Waals surface area contributed by atoms with E-state index in [4.69, 9.17) is 9.84 Å². The Morgan fingerprint density at radius 2 is 2.06 bits per heavy atom. The number of ether oxygens (including phenoxy) is 1. The van der Waals surface area contributed by atoms with Crippen LogP contribution < -0.4 is 5.32 Å². The van der Waals surface area contributed by atoms with Crippen molar-refractivity contribution in [2.24, 2.45) is 11.3 Å². The average Bonchev–Trinajstić information content (AvgIpc) is 3.11. The van der Waals surface area contributed by atoms with Gasteiger partial charge < -0.3 is 20.1 Å². The van der Waals surface area contributed by atoms with E-state index in [2.05, 4.69) is 26.1 Å². The Balaban J connectivity index is 1.76. The topological polar surface area (TPSA) is 96.7 Å². The number of likely N-dealkylation sites (tertiary alicyclic amines) is 1. The molecule has 1 fully saturated rings. The van der Waals surface area contributed by atoms with Crippen molar-refractivity contribution < 1.29 is 19.4 Å². The summed E-state index contributed by atoms with van der Waals surface area (Å²) in [4.78, 5) is 25.7. The minimum atomic E-state index is -0.838. The molecule has 2 N–H and O–H groups in total. The van der Waals surface area contributed by atoms with Crippen LogP contribution in [0, 0.1) is 18.3 Å². The summed E-state index contributed by atoms with van der Waals surface area (Å²) >= 11 is 0. The fraction of sp³-hybridized carbons (Fsp3) is 0.609. The van der Waals surface area contributed by atoms with Gasteiger partial charge in [0.2, 0.25) is 0 Å². The summed E-state index contributed by atoms with van der Waals surface area (Å²) < 4.78 is 6.94. The van der Waals surface area contributed by atoms with Crippen LogP contribution in [-0.4, -0.2) is 64.6 Å². The van der Waals surface area contributed by atoms with E-state index in [9.17, 15) is 14.7 Å². The second-order valence-corrected chi connectivity index (χ2v) is 9.52. The molecule has 0 saturated carbocycles. The number of hydrogen-bond donors (Lipinski definition) is 2. The van der Waals surface area contributed by atoms with E-state index in [1.54, 1.807) is 12.0 Å². The Labute approximate surface area is 183 Å². The van der Waals surface area contributed by atoms with Gasteiger partial charge in [-0.1, -0.05) is 20.8 Å². The summed E-state index contributed by atoms with van der Waals surface area (Å²) in [7, 11) is 1.60. The number of methoxy groups -OCH3 is 1. The number of aromatic nitrogens is 2. The van der Waals surface area contributed by atoms with Crippen LogP contribution in [-0.2, 0) is 11.3 Å². The molecule has 0 aliphatic carbocycles. The van der Waals surface area contributed by atoms with Crippen LogP contribution in [0.25, 0.3) is 10.9 Å². The minimum Gasteiger partial charge on any atom is -0.465 e. The predicted octanol–water partition coefficient (Wildman–Crippen LogP) is 3.53. The van der Waals surface area contributed by atoms with E-state index in [0.29, 0.717) is 31.2 Å². The monoisotopic (exact) mass is 430 g/mol. The van der Waals surface area contributed by atoms with Crippen LogP contribution in [0.5, 0.6) is 0 Å². The van der Waals surface area contributed by atoms with Gasteiger partial charge in [0.05, 0.1) is 12.1 Å². The number of benzene rings is 1. The van der Waals surface area contributed by atoms with E-state index < -0.39 is 6.09 Å². The van der Waals surface area contributed by atoms with Gasteiger partial charge in [-0.2, -0.15) is 5.10 Å². The van der Waals surface area contributed by atoms with E-state index in [0.717, 1.165) is 35.9 Å². The second kappa shape index (κ2) is 9.26. The van der Waals surface area contributed by atoms with Crippen LogP contribution in [0.4, 0.5) is 4.79 Å². The third-order valence-electron chi connectivity index (χ3n) is 6.24. The van der Waals surface area contributed by atoms with Crippen molar-refractivity contribution >= 4 is 22.9 Å². The highest BCUT2D eigenvalue weighted by molar-refractivity contribution is 6.00. The highest BCUT2D eigenvalue weighted by Gasteiger charge is 2.38. The third-order valence-corrected chi connectivity index (χ3v) is 6.24. The fourth-order valence-corrected chi connectivity index (χ4v) is 4.50. The van der Waals surface area contributed by atoms with Crippen molar-refractivity contribution in [3.63, 3.8) is 0 Å². The maximum Gasteiger partial charge on any atom is 0.407 e. The molecule has 1 aliphatic heterocycles. The summed E-state index contributed by atoms with van der Waals surface area (Å²) in [6.07, 6.45) is 2.81. The molecule has 8 nitrogen and oxygen atoms in total. The van der Waals surface area contributed by atoms with E-state index in [1.807, 2.05) is 29.9 Å². The standard InChI is InChI=1S/C23H34N4O4/c1-15-17(21(28)24-9-11-31-5)6-7-19-18(15)14-26(25-19)13-16-8-10-27(22(29)30)20(12-16)23(2,3)4/h6-7,14,16,20H,8-13H2,1-5H3,(H,24,28)(H,29,30). The Hall–Kier alpha value is -2.61. The lowest BCUT2D eigenvalue weighted by Crippen LogP contribution is -2.52. The summed E-state index contributed by atoms with van der Waals surface area (Å²) in [5.74, 6) is 0.240. The quantitative estimate of drug-likeness (QED) is 0.684. The zero-order chi connectivity index (χ0) is 22.8. The maximum atomic E-state index is 12.5. The third kappa shape index (κ3) is 5.18. The van der Waals surface area contributed by atoms with Crippen molar-refractivity contribution in [2.75, 3.05) is 26.8 Å². The molecule has 170 valence electrons. The highest BCUT2D eigenvalue weighted by Crippen LogP contribution is 2.35. The van der Waals surface area contributed by atoms with Crippen LogP contribution >= 0.6 is 0 Å². The second-order valence-electron chi connectivity index (χ2n) is 9.52. The number of rotatable bonds is 6. The SMILES string of the molecule is COCCNC(=O)c1ccc2nn(CC3CCN(C(=O)O)C(C(C)(C)C)C3)cc2c1C. The molecule has 2 atom stereocenters. The Morgan fingerprint density at radius 3 is 2.71 bits per heavy atom. The van der Waals surface area contributed by atoms with Crippen molar-refractivity contribution in [1.82, 2.24) is 20.0 Å². The lowest BCUT2D eigenvalue weighted by Gasteiger charge is -2.44. The van der Waals surface area contributed by atoms with Crippen LogP contribution in [0.3, 0.4) is 0 Å². The normalized spacial score (nSPS) is 19.6. The zero-order valence-electron chi connectivity index (χ0n) is 19.1. The first kappa shape index (κ1) is 23.1. The summed E-state index contributed by atoms with van der Waals surface area (Å²) in [5.41, 5.74) is 2.30. The molecule has 1 aliphatic rings. The van der Waals surface area contributed by atoms with Gasteiger partial charge in [0, 0.05) is 49.9 Å². The first-order valence-corrected chi connectivity index (χ1v) is 10.8. The Bertz CT molecular complexity index is 947. The van der Waals surface area contributed by atoms with Crippen LogP contribution in [0.15, 0.2) is 18.3 Å². The van der Waals surface area contributed by atoms with Crippen molar-refractivity contribution in [3.05, 3.63) is 29.5 Å². The molecular formula is C23H34N4O4. The summed E-state index contributed by atoms with van der Waals surface area (Å²) in [5, 5.41) is 18.1. The van der Waals surface area contributed by atoms with Gasteiger partial charge in [0.25, 0.3) is 5.91 Å². The fourth-order valence-electron chi connectivity index (χ4n) is 4.50. The van der Waals surface area contributed by atoms with Gasteiger partial charge >= 0.3 is 6.09 Å². The van der Waals surface area contributed by atoms with Gasteiger partial charge in [-0.25, -0.2) is 4.79 Å². The number of nitrogens with one attached hydrogen (secondary N) is 1. The molecule has 0 bridgehead atoms. The molecule has 1 aromatic carbocycles. The van der Waals surface area contributed by atoms with E-state index in [-0.39, 0.29) is 17.4 Å². The molecule has 8 heteroatoms. The lowest BCUT2D eigenvalue weighted by atomic mass is 9.77. The first-order valence-electron chi connectivity index (χ1n) is 10.8. The largest absolute Gasteiger partial charge is 0.465 e. The number of piperidine rings is 1. The molecule has 3 rings (SSSR count). The average molecular weight is 431 g/mol. The van der Waals surface area contributed by atoms with Crippen molar-refractivity contribution in [3.8, 4) is 0 Å². The molecule has 2 unspecified atom stereocenters. The smallest absolute Gasteiger partial charge is 0.407 e. The van der Waals surface area contributed by atoms with Gasteiger partial charge in [-0.15, -0.1) is 0 Å². The Kier molecular flexibility index (Phi) is 6.89. The minimum absolute atomic E-state index is 0.0159. The number of hydrogen-bond acceptors (Lipinski definition) is 4. The van der Waals surface area contributed by atoms with Crippen molar-refractivity contribution in [1.29, 1.82) is 0 Å². The van der Waals surface area contributed by atoms with Crippen LogP contribution in [0.1, 0.15) is 49.5 Å². The van der Waals surface area contributed by atoms with E-state index >= 15 is 0 Å². The van der Waals surface area contributed by atoms with Gasteiger partial charge in [0.15, 0.2) is 0 Å². The van der Waals surface area contributed by atoms with Gasteiger partial charge in [-0.05, 0) is 48.8 Å². The molecule has 0 radical (unpaired) electrons. The molecule has 31 heavy (non-hydrogen) atoms. The molecule has 0 spiro atoms. The molecule has 2 amide bonds. The number of amides is 2.